The second-order valence-electron chi connectivity index (χ2n) is 7.31. The third-order valence-corrected chi connectivity index (χ3v) is 5.69. The fourth-order valence-electron chi connectivity index (χ4n) is 3.65. The Morgan fingerprint density at radius 2 is 1.93 bits per heavy atom. The summed E-state index contributed by atoms with van der Waals surface area (Å²) >= 11 is 6.21. The van der Waals surface area contributed by atoms with E-state index in [1.165, 1.54) is 0 Å². The zero-order chi connectivity index (χ0) is 20.4. The smallest absolute Gasteiger partial charge is 0.242 e. The summed E-state index contributed by atoms with van der Waals surface area (Å²) in [4.78, 5) is 20.9. The molecule has 0 unspecified atom stereocenters. The number of halogens is 1. The van der Waals surface area contributed by atoms with E-state index in [9.17, 15) is 4.79 Å². The second-order valence-corrected chi connectivity index (χ2v) is 7.71. The molecule has 0 radical (unpaired) electrons. The minimum Gasteiger partial charge on any atom is -0.441 e. The Hall–Kier alpha value is -2.79. The lowest BCUT2D eigenvalue weighted by Crippen LogP contribution is -2.50. The second kappa shape index (κ2) is 8.29. The number of benzene rings is 2. The molecule has 0 spiro atoms. The van der Waals surface area contributed by atoms with E-state index < -0.39 is 0 Å². The molecular weight excluding hydrogens is 386 g/mol. The third kappa shape index (κ3) is 4.30. The molecule has 5 nitrogen and oxygen atoms in total. The van der Waals surface area contributed by atoms with E-state index in [-0.39, 0.29) is 5.91 Å². The van der Waals surface area contributed by atoms with Gasteiger partial charge in [0.05, 0.1) is 12.7 Å². The maximum absolute atomic E-state index is 12.7. The minimum atomic E-state index is 0.138. The van der Waals surface area contributed by atoms with Gasteiger partial charge in [0.15, 0.2) is 11.7 Å². The van der Waals surface area contributed by atoms with Crippen LogP contribution >= 0.6 is 11.6 Å². The van der Waals surface area contributed by atoms with Gasteiger partial charge in [0.2, 0.25) is 5.91 Å². The van der Waals surface area contributed by atoms with E-state index in [1.807, 2.05) is 48.2 Å². The lowest BCUT2D eigenvalue weighted by atomic mass is 10.1. The number of aryl methyl sites for hydroxylation is 2. The van der Waals surface area contributed by atoms with E-state index in [4.69, 9.17) is 16.0 Å². The van der Waals surface area contributed by atoms with Crippen molar-refractivity contribution >= 4 is 23.2 Å². The van der Waals surface area contributed by atoms with Gasteiger partial charge >= 0.3 is 0 Å². The molecule has 0 saturated carbocycles. The highest BCUT2D eigenvalue weighted by Crippen LogP contribution is 2.25. The Morgan fingerprint density at radius 3 is 2.59 bits per heavy atom. The molecule has 0 aliphatic carbocycles. The first-order valence-corrected chi connectivity index (χ1v) is 10.2. The summed E-state index contributed by atoms with van der Waals surface area (Å²) in [6.45, 7) is 6.43. The number of carbonyl (C=O) groups is 1. The van der Waals surface area contributed by atoms with Gasteiger partial charge in [-0.1, -0.05) is 30.7 Å². The molecule has 2 heterocycles. The molecule has 6 heteroatoms. The zero-order valence-corrected chi connectivity index (χ0v) is 17.4. The molecule has 1 aliphatic rings. The van der Waals surface area contributed by atoms with Crippen LogP contribution in [0, 0.1) is 6.92 Å². The first-order valence-electron chi connectivity index (χ1n) is 9.86. The lowest BCUT2D eigenvalue weighted by Gasteiger charge is -2.35. The zero-order valence-electron chi connectivity index (χ0n) is 16.7. The summed E-state index contributed by atoms with van der Waals surface area (Å²) < 4.78 is 5.57. The monoisotopic (exact) mass is 409 g/mol. The van der Waals surface area contributed by atoms with Crippen LogP contribution in [0.15, 0.2) is 53.1 Å². The SMILES string of the molecule is CCc1cc(CN2CCN(c3ccc(-c4cnc(C)o4)cc3)CC2=O)ccc1Cl. The molecule has 29 heavy (non-hydrogen) atoms. The van der Waals surface area contributed by atoms with Crippen LogP contribution in [0.25, 0.3) is 11.3 Å². The summed E-state index contributed by atoms with van der Waals surface area (Å²) in [5.74, 6) is 1.54. The number of aromatic nitrogens is 1. The van der Waals surface area contributed by atoms with Gasteiger partial charge in [-0.25, -0.2) is 4.98 Å². The predicted octanol–water partition coefficient (Wildman–Crippen LogP) is 4.71. The maximum atomic E-state index is 12.7. The Kier molecular flexibility index (Phi) is 5.58. The number of hydrogen-bond acceptors (Lipinski definition) is 4. The van der Waals surface area contributed by atoms with Gasteiger partial charge in [0, 0.05) is 42.8 Å². The highest BCUT2D eigenvalue weighted by atomic mass is 35.5. The van der Waals surface area contributed by atoms with Crippen molar-refractivity contribution in [2.24, 2.45) is 0 Å². The quantitative estimate of drug-likeness (QED) is 0.612. The highest BCUT2D eigenvalue weighted by Gasteiger charge is 2.24. The van der Waals surface area contributed by atoms with Crippen LogP contribution in [0.1, 0.15) is 23.9 Å². The van der Waals surface area contributed by atoms with E-state index in [2.05, 4.69) is 22.9 Å². The fourth-order valence-corrected chi connectivity index (χ4v) is 3.90. The fraction of sp³-hybridized carbons (Fsp3) is 0.304. The van der Waals surface area contributed by atoms with Crippen molar-refractivity contribution < 1.29 is 9.21 Å². The molecule has 1 fully saturated rings. The number of rotatable bonds is 5. The predicted molar refractivity (Wildman–Crippen MR) is 115 cm³/mol. The molecule has 150 valence electrons. The van der Waals surface area contributed by atoms with Crippen molar-refractivity contribution in [3.63, 3.8) is 0 Å². The van der Waals surface area contributed by atoms with Gasteiger partial charge in [0.1, 0.15) is 0 Å². The number of piperazine rings is 1. The Morgan fingerprint density at radius 1 is 1.14 bits per heavy atom. The van der Waals surface area contributed by atoms with Crippen molar-refractivity contribution in [1.82, 2.24) is 9.88 Å². The van der Waals surface area contributed by atoms with Crippen molar-refractivity contribution in [3.05, 3.63) is 70.7 Å². The first-order chi connectivity index (χ1) is 14.0. The summed E-state index contributed by atoms with van der Waals surface area (Å²) in [5, 5.41) is 0.788. The van der Waals surface area contributed by atoms with Gasteiger partial charge in [0.25, 0.3) is 0 Å². The van der Waals surface area contributed by atoms with E-state index in [1.54, 1.807) is 6.20 Å². The molecule has 0 N–H and O–H groups in total. The average Bonchev–Trinajstić information content (AvgIpc) is 3.17. The number of hydrogen-bond donors (Lipinski definition) is 0. The molecule has 4 rings (SSSR count). The van der Waals surface area contributed by atoms with Crippen LogP contribution < -0.4 is 4.90 Å². The normalized spacial score (nSPS) is 14.5. The summed E-state index contributed by atoms with van der Waals surface area (Å²) in [6, 6.07) is 14.1. The number of anilines is 1. The number of nitrogens with zero attached hydrogens (tertiary/aromatic N) is 3. The summed E-state index contributed by atoms with van der Waals surface area (Å²) in [5.41, 5.74) is 4.27. The van der Waals surface area contributed by atoms with Gasteiger partial charge in [-0.15, -0.1) is 0 Å². The minimum absolute atomic E-state index is 0.138. The first kappa shape index (κ1) is 19.5. The molecule has 1 amide bonds. The van der Waals surface area contributed by atoms with E-state index in [0.717, 1.165) is 46.1 Å². The third-order valence-electron chi connectivity index (χ3n) is 5.32. The average molecular weight is 410 g/mol. The summed E-state index contributed by atoms with van der Waals surface area (Å²) in [7, 11) is 0. The van der Waals surface area contributed by atoms with Gasteiger partial charge in [-0.05, 0) is 47.9 Å². The molecule has 0 bridgehead atoms. The Balaban J connectivity index is 1.40. The molecule has 3 aromatic rings. The molecule has 2 aromatic carbocycles. The van der Waals surface area contributed by atoms with Crippen molar-refractivity contribution in [1.29, 1.82) is 0 Å². The van der Waals surface area contributed by atoms with Gasteiger partial charge in [-0.3, -0.25) is 4.79 Å². The lowest BCUT2D eigenvalue weighted by molar-refractivity contribution is -0.131. The van der Waals surface area contributed by atoms with E-state index in [0.29, 0.717) is 25.5 Å². The standard InChI is InChI=1S/C23H24ClN3O2/c1-3-18-12-17(4-9-21(18)24)14-27-11-10-26(15-23(27)28)20-7-5-19(6-8-20)22-13-25-16(2)29-22/h4-9,12-13H,3,10-11,14-15H2,1-2H3. The number of amides is 1. The Labute approximate surface area is 175 Å². The van der Waals surface area contributed by atoms with Crippen molar-refractivity contribution in [2.75, 3.05) is 24.5 Å². The molecule has 1 saturated heterocycles. The van der Waals surface area contributed by atoms with Crippen LogP contribution in [0.3, 0.4) is 0 Å². The number of oxazole rings is 1. The highest BCUT2D eigenvalue weighted by molar-refractivity contribution is 6.31. The van der Waals surface area contributed by atoms with Gasteiger partial charge < -0.3 is 14.2 Å². The summed E-state index contributed by atoms with van der Waals surface area (Å²) in [6.07, 6.45) is 2.62. The van der Waals surface area contributed by atoms with Crippen LogP contribution in [0.4, 0.5) is 5.69 Å². The van der Waals surface area contributed by atoms with Crippen molar-refractivity contribution in [3.8, 4) is 11.3 Å². The van der Waals surface area contributed by atoms with Crippen LogP contribution in [0.2, 0.25) is 5.02 Å². The van der Waals surface area contributed by atoms with Gasteiger partial charge in [-0.2, -0.15) is 0 Å². The number of carbonyl (C=O) groups excluding carboxylic acids is 1. The molecule has 1 aliphatic heterocycles. The largest absolute Gasteiger partial charge is 0.441 e. The topological polar surface area (TPSA) is 49.6 Å². The maximum Gasteiger partial charge on any atom is 0.242 e. The van der Waals surface area contributed by atoms with Crippen LogP contribution in [0.5, 0.6) is 0 Å². The Bertz CT molecular complexity index is 1010. The molecule has 0 atom stereocenters. The molecular formula is C23H24ClN3O2. The van der Waals surface area contributed by atoms with Crippen molar-refractivity contribution in [2.45, 2.75) is 26.8 Å². The molecule has 1 aromatic heterocycles. The van der Waals surface area contributed by atoms with Crippen LogP contribution in [-0.2, 0) is 17.8 Å². The van der Waals surface area contributed by atoms with E-state index >= 15 is 0 Å². The van der Waals surface area contributed by atoms with Crippen LogP contribution in [-0.4, -0.2) is 35.4 Å².